The van der Waals surface area contributed by atoms with Gasteiger partial charge in [-0.2, -0.15) is 0 Å². The minimum atomic E-state index is -0.627. The van der Waals surface area contributed by atoms with Crippen LogP contribution in [-0.4, -0.2) is 30.7 Å². The molecule has 0 amide bonds. The first-order valence-electron chi connectivity index (χ1n) is 7.36. The lowest BCUT2D eigenvalue weighted by Crippen LogP contribution is -2.47. The maximum absolute atomic E-state index is 13.9. The number of hydrogen-bond donors (Lipinski definition) is 1. The Bertz CT molecular complexity index is 437. The van der Waals surface area contributed by atoms with Crippen LogP contribution in [0.2, 0.25) is 0 Å². The Balaban J connectivity index is 2.06. The summed E-state index contributed by atoms with van der Waals surface area (Å²) in [6, 6.07) is 1.14. The van der Waals surface area contributed by atoms with Crippen LogP contribution in [0.3, 0.4) is 0 Å². The van der Waals surface area contributed by atoms with Gasteiger partial charge >= 0.3 is 0 Å². The topological polar surface area (TPSA) is 28.2 Å². The van der Waals surface area contributed by atoms with Crippen molar-refractivity contribution in [3.63, 3.8) is 0 Å². The van der Waals surface area contributed by atoms with Crippen molar-refractivity contribution in [3.05, 3.63) is 23.9 Å². The van der Waals surface area contributed by atoms with Gasteiger partial charge in [0, 0.05) is 25.2 Å². The fourth-order valence-corrected chi connectivity index (χ4v) is 2.65. The Morgan fingerprint density at radius 3 is 2.90 bits per heavy atom. The molecule has 1 atom stereocenters. The Kier molecular flexibility index (Phi) is 5.29. The molecule has 2 heterocycles. The zero-order valence-electron chi connectivity index (χ0n) is 12.2. The van der Waals surface area contributed by atoms with Crippen molar-refractivity contribution >= 4 is 5.82 Å². The van der Waals surface area contributed by atoms with Crippen LogP contribution in [0.4, 0.5) is 14.6 Å². The highest BCUT2D eigenvalue weighted by atomic mass is 19.1. The highest BCUT2D eigenvalue weighted by Crippen LogP contribution is 2.25. The monoisotopic (exact) mass is 283 g/mol. The second-order valence-corrected chi connectivity index (χ2v) is 5.85. The molecule has 1 fully saturated rings. The number of anilines is 1. The zero-order chi connectivity index (χ0) is 14.5. The van der Waals surface area contributed by atoms with Gasteiger partial charge in [0.25, 0.3) is 0 Å². The molecule has 0 bridgehead atoms. The molecule has 5 heteroatoms. The van der Waals surface area contributed by atoms with Gasteiger partial charge < -0.3 is 10.2 Å². The molecule has 0 aromatic carbocycles. The molecule has 112 valence electrons. The lowest BCUT2D eigenvalue weighted by Gasteiger charge is -2.37. The molecule has 1 N–H and O–H groups in total. The first-order chi connectivity index (χ1) is 9.58. The molecule has 1 aromatic heterocycles. The first kappa shape index (κ1) is 15.2. The predicted molar refractivity (Wildman–Crippen MR) is 76.8 cm³/mol. The summed E-state index contributed by atoms with van der Waals surface area (Å²) in [6.45, 7) is 6.86. The van der Waals surface area contributed by atoms with Crippen molar-refractivity contribution in [2.24, 2.45) is 5.92 Å². The van der Waals surface area contributed by atoms with Gasteiger partial charge in [-0.15, -0.1) is 0 Å². The number of nitrogens with zero attached hydrogens (tertiary/aromatic N) is 2. The molecule has 1 aliphatic heterocycles. The smallest absolute Gasteiger partial charge is 0.168 e. The molecule has 1 aliphatic rings. The van der Waals surface area contributed by atoms with Crippen molar-refractivity contribution < 1.29 is 8.78 Å². The normalized spacial score (nSPS) is 19.6. The molecule has 0 radical (unpaired) electrons. The average Bonchev–Trinajstić information content (AvgIpc) is 2.39. The number of halogens is 2. The molecular weight excluding hydrogens is 260 g/mol. The number of rotatable bonds is 5. The lowest BCUT2D eigenvalue weighted by molar-refractivity contribution is 0.414. The van der Waals surface area contributed by atoms with Crippen molar-refractivity contribution in [2.45, 2.75) is 39.2 Å². The van der Waals surface area contributed by atoms with E-state index in [1.165, 1.54) is 0 Å². The Labute approximate surface area is 119 Å². The standard InChI is InChI=1S/C15H23F2N3/c1-11(2)8-18-10-13-5-3-4-6-20(13)15-14(17)7-12(16)9-19-15/h7,9,11,13,18H,3-6,8,10H2,1-2H3. The second kappa shape index (κ2) is 6.97. The van der Waals surface area contributed by atoms with Crippen LogP contribution in [-0.2, 0) is 0 Å². The number of pyridine rings is 1. The second-order valence-electron chi connectivity index (χ2n) is 5.85. The summed E-state index contributed by atoms with van der Waals surface area (Å²) in [6.07, 6.45) is 4.28. The Morgan fingerprint density at radius 1 is 1.40 bits per heavy atom. The quantitative estimate of drug-likeness (QED) is 0.900. The van der Waals surface area contributed by atoms with E-state index in [2.05, 4.69) is 24.1 Å². The van der Waals surface area contributed by atoms with Gasteiger partial charge in [-0.05, 0) is 31.7 Å². The van der Waals surface area contributed by atoms with Crippen molar-refractivity contribution in [2.75, 3.05) is 24.5 Å². The maximum Gasteiger partial charge on any atom is 0.168 e. The van der Waals surface area contributed by atoms with E-state index in [4.69, 9.17) is 0 Å². The molecule has 3 nitrogen and oxygen atoms in total. The third-order valence-electron chi connectivity index (χ3n) is 3.62. The van der Waals surface area contributed by atoms with Gasteiger partial charge in [0.05, 0.1) is 6.20 Å². The number of hydrogen-bond acceptors (Lipinski definition) is 3. The van der Waals surface area contributed by atoms with Gasteiger partial charge in [-0.1, -0.05) is 13.8 Å². The maximum atomic E-state index is 13.9. The summed E-state index contributed by atoms with van der Waals surface area (Å²) < 4.78 is 26.9. The third-order valence-corrected chi connectivity index (χ3v) is 3.62. The van der Waals surface area contributed by atoms with E-state index in [0.717, 1.165) is 51.2 Å². The van der Waals surface area contributed by atoms with Crippen molar-refractivity contribution in [3.8, 4) is 0 Å². The van der Waals surface area contributed by atoms with E-state index in [9.17, 15) is 8.78 Å². The molecule has 0 aliphatic carbocycles. The molecule has 2 rings (SSSR count). The number of nitrogens with one attached hydrogen (secondary N) is 1. The summed E-state index contributed by atoms with van der Waals surface area (Å²) in [7, 11) is 0. The molecule has 0 spiro atoms. The van der Waals surface area contributed by atoms with E-state index < -0.39 is 11.6 Å². The van der Waals surface area contributed by atoms with Crippen LogP contribution in [0.15, 0.2) is 12.3 Å². The van der Waals surface area contributed by atoms with Crippen LogP contribution in [0.1, 0.15) is 33.1 Å². The fraction of sp³-hybridized carbons (Fsp3) is 0.667. The van der Waals surface area contributed by atoms with Gasteiger partial charge in [0.1, 0.15) is 5.82 Å². The minimum absolute atomic E-state index is 0.231. The summed E-state index contributed by atoms with van der Waals surface area (Å²) in [5.41, 5.74) is 0. The highest BCUT2D eigenvalue weighted by Gasteiger charge is 2.25. The number of piperidine rings is 1. The molecule has 1 aromatic rings. The molecule has 1 unspecified atom stereocenters. The van der Waals surface area contributed by atoms with Gasteiger partial charge in [0.2, 0.25) is 0 Å². The van der Waals surface area contributed by atoms with Gasteiger partial charge in [-0.25, -0.2) is 13.8 Å². The van der Waals surface area contributed by atoms with Crippen LogP contribution >= 0.6 is 0 Å². The van der Waals surface area contributed by atoms with E-state index in [1.54, 1.807) is 0 Å². The fourth-order valence-electron chi connectivity index (χ4n) is 2.65. The number of aromatic nitrogens is 1. The van der Waals surface area contributed by atoms with E-state index in [-0.39, 0.29) is 11.9 Å². The lowest BCUT2D eigenvalue weighted by atomic mass is 10.0. The van der Waals surface area contributed by atoms with Crippen molar-refractivity contribution in [1.29, 1.82) is 0 Å². The highest BCUT2D eigenvalue weighted by molar-refractivity contribution is 5.41. The van der Waals surface area contributed by atoms with Crippen LogP contribution in [0.5, 0.6) is 0 Å². The SMILES string of the molecule is CC(C)CNCC1CCCCN1c1ncc(F)cc1F. The molecular formula is C15H23F2N3. The molecule has 20 heavy (non-hydrogen) atoms. The first-order valence-corrected chi connectivity index (χ1v) is 7.36. The van der Waals surface area contributed by atoms with Gasteiger partial charge in [-0.3, -0.25) is 0 Å². The van der Waals surface area contributed by atoms with Gasteiger partial charge in [0.15, 0.2) is 11.6 Å². The van der Waals surface area contributed by atoms with Crippen LogP contribution < -0.4 is 10.2 Å². The third kappa shape index (κ3) is 3.88. The summed E-state index contributed by atoms with van der Waals surface area (Å²) in [5.74, 6) is -0.325. The average molecular weight is 283 g/mol. The predicted octanol–water partition coefficient (Wildman–Crippen LogP) is 2.96. The molecule has 0 saturated carbocycles. The largest absolute Gasteiger partial charge is 0.350 e. The van der Waals surface area contributed by atoms with Crippen LogP contribution in [0.25, 0.3) is 0 Å². The van der Waals surface area contributed by atoms with E-state index in [0.29, 0.717) is 5.92 Å². The molecule has 1 saturated heterocycles. The van der Waals surface area contributed by atoms with E-state index in [1.807, 2.05) is 4.90 Å². The zero-order valence-corrected chi connectivity index (χ0v) is 12.2. The summed E-state index contributed by atoms with van der Waals surface area (Å²) in [4.78, 5) is 5.92. The Hall–Kier alpha value is -1.23. The summed E-state index contributed by atoms with van der Waals surface area (Å²) in [5, 5.41) is 3.42. The van der Waals surface area contributed by atoms with E-state index >= 15 is 0 Å². The summed E-state index contributed by atoms with van der Waals surface area (Å²) >= 11 is 0. The van der Waals surface area contributed by atoms with Crippen LogP contribution in [0, 0.1) is 17.6 Å². The minimum Gasteiger partial charge on any atom is -0.350 e. The van der Waals surface area contributed by atoms with Crippen molar-refractivity contribution in [1.82, 2.24) is 10.3 Å². The Morgan fingerprint density at radius 2 is 2.20 bits per heavy atom.